The van der Waals surface area contributed by atoms with E-state index in [9.17, 15) is 9.59 Å². The number of hydrogen-bond donors (Lipinski definition) is 1. The highest BCUT2D eigenvalue weighted by Crippen LogP contribution is 2.31. The van der Waals surface area contributed by atoms with Gasteiger partial charge in [-0.25, -0.2) is 4.68 Å². The first-order valence-corrected chi connectivity index (χ1v) is 11.6. The van der Waals surface area contributed by atoms with E-state index in [0.717, 1.165) is 39.1 Å². The lowest BCUT2D eigenvalue weighted by atomic mass is 10.1. The Hall–Kier alpha value is -4.03. The summed E-state index contributed by atoms with van der Waals surface area (Å²) in [6.07, 6.45) is 0.449. The molecule has 0 amide bonds. The van der Waals surface area contributed by atoms with Crippen LogP contribution in [-0.2, 0) is 6.42 Å². The van der Waals surface area contributed by atoms with Crippen LogP contribution < -0.4 is 10.3 Å². The maximum absolute atomic E-state index is 13.5. The summed E-state index contributed by atoms with van der Waals surface area (Å²) < 4.78 is 8.70. The Morgan fingerprint density at radius 3 is 2.37 bits per heavy atom. The maximum Gasteiger partial charge on any atom is 0.271 e. The van der Waals surface area contributed by atoms with Crippen molar-refractivity contribution in [3.63, 3.8) is 0 Å². The number of aromatic amines is 1. The van der Waals surface area contributed by atoms with E-state index >= 15 is 0 Å². The third-order valence-corrected chi connectivity index (χ3v) is 6.52. The number of benzene rings is 3. The highest BCUT2D eigenvalue weighted by molar-refractivity contribution is 6.30. The number of methoxy groups -OCH3 is 1. The molecule has 7 heteroatoms. The van der Waals surface area contributed by atoms with Crippen LogP contribution in [0.3, 0.4) is 0 Å². The first-order chi connectivity index (χ1) is 16.9. The normalized spacial score (nSPS) is 11.2. The average Bonchev–Trinajstić information content (AvgIpc) is 3.36. The molecule has 35 heavy (non-hydrogen) atoms. The van der Waals surface area contributed by atoms with Gasteiger partial charge in [-0.3, -0.25) is 19.3 Å². The molecule has 0 aliphatic heterocycles. The summed E-state index contributed by atoms with van der Waals surface area (Å²) >= 11 is 6.02. The fraction of sp³-hybridized carbons (Fsp3) is 0.143. The quantitative estimate of drug-likeness (QED) is 0.348. The maximum atomic E-state index is 13.5. The molecule has 0 spiro atoms. The highest BCUT2D eigenvalue weighted by Gasteiger charge is 2.21. The van der Waals surface area contributed by atoms with Crippen molar-refractivity contribution < 1.29 is 9.53 Å². The van der Waals surface area contributed by atoms with E-state index in [1.54, 1.807) is 42.0 Å². The first kappa shape index (κ1) is 22.7. The summed E-state index contributed by atoms with van der Waals surface area (Å²) in [6.45, 7) is 3.93. The van der Waals surface area contributed by atoms with Gasteiger partial charge in [0.2, 0.25) is 0 Å². The van der Waals surface area contributed by atoms with Crippen molar-refractivity contribution in [1.82, 2.24) is 14.3 Å². The molecule has 0 aliphatic rings. The lowest BCUT2D eigenvalue weighted by Crippen LogP contribution is -2.13. The monoisotopic (exact) mass is 485 g/mol. The van der Waals surface area contributed by atoms with Gasteiger partial charge in [-0.05, 0) is 74.0 Å². The number of aromatic nitrogens is 3. The standard InChI is InChI=1S/C28H24ClN3O3/c1-17-4-10-22(11-5-17)32-27(33)15-21(30-32)14-24-18(2)31(26-13-12-23(35-3)16-25(24)26)28(34)19-6-8-20(29)9-7-19/h4-13,15-16,30H,14H2,1-3H3. The number of nitrogens with one attached hydrogen (secondary N) is 1. The summed E-state index contributed by atoms with van der Waals surface area (Å²) in [4.78, 5) is 26.2. The van der Waals surface area contributed by atoms with Crippen LogP contribution in [0.4, 0.5) is 0 Å². The van der Waals surface area contributed by atoms with Gasteiger partial charge in [0.1, 0.15) is 5.75 Å². The summed E-state index contributed by atoms with van der Waals surface area (Å²) in [5.41, 5.74) is 5.56. The van der Waals surface area contributed by atoms with E-state index in [0.29, 0.717) is 22.8 Å². The van der Waals surface area contributed by atoms with Crippen molar-refractivity contribution in [1.29, 1.82) is 0 Å². The molecule has 0 unspecified atom stereocenters. The molecule has 0 aliphatic carbocycles. The number of carbonyl (C=O) groups is 1. The SMILES string of the molecule is COc1ccc2c(c1)c(Cc1cc(=O)n(-c3ccc(C)cc3)[nH]1)c(C)n2C(=O)c1ccc(Cl)cc1. The summed E-state index contributed by atoms with van der Waals surface area (Å²) in [5.74, 6) is 0.548. The second kappa shape index (κ2) is 8.96. The second-order valence-corrected chi connectivity index (χ2v) is 9.00. The molecule has 1 N–H and O–H groups in total. The van der Waals surface area contributed by atoms with Gasteiger partial charge in [0, 0.05) is 39.8 Å². The lowest BCUT2D eigenvalue weighted by Gasteiger charge is -2.08. The van der Waals surface area contributed by atoms with Crippen molar-refractivity contribution in [2.45, 2.75) is 20.3 Å². The molecule has 5 rings (SSSR count). The van der Waals surface area contributed by atoms with E-state index in [-0.39, 0.29) is 11.5 Å². The minimum absolute atomic E-state index is 0.139. The Morgan fingerprint density at radius 2 is 1.69 bits per heavy atom. The molecule has 2 aromatic heterocycles. The molecule has 0 atom stereocenters. The van der Waals surface area contributed by atoms with Gasteiger partial charge in [0.25, 0.3) is 11.5 Å². The molecule has 5 aromatic rings. The Morgan fingerprint density at radius 1 is 0.971 bits per heavy atom. The zero-order valence-electron chi connectivity index (χ0n) is 19.6. The van der Waals surface area contributed by atoms with E-state index < -0.39 is 0 Å². The van der Waals surface area contributed by atoms with Crippen molar-refractivity contribution in [2.75, 3.05) is 7.11 Å². The number of rotatable bonds is 5. The summed E-state index contributed by atoms with van der Waals surface area (Å²) in [5, 5.41) is 4.70. The minimum Gasteiger partial charge on any atom is -0.497 e. The number of halogens is 1. The van der Waals surface area contributed by atoms with Gasteiger partial charge >= 0.3 is 0 Å². The Bertz CT molecular complexity index is 1610. The fourth-order valence-electron chi connectivity index (χ4n) is 4.41. The molecule has 0 bridgehead atoms. The number of aryl methyl sites for hydroxylation is 1. The van der Waals surface area contributed by atoms with Crippen molar-refractivity contribution >= 4 is 28.4 Å². The van der Waals surface area contributed by atoms with Crippen molar-refractivity contribution in [3.05, 3.63) is 116 Å². The molecule has 176 valence electrons. The van der Waals surface area contributed by atoms with Gasteiger partial charge in [-0.1, -0.05) is 29.3 Å². The van der Waals surface area contributed by atoms with Gasteiger partial charge < -0.3 is 4.74 Å². The molecule has 3 aromatic carbocycles. The van der Waals surface area contributed by atoms with Gasteiger partial charge in [-0.2, -0.15) is 0 Å². The number of carbonyl (C=O) groups excluding carboxylic acids is 1. The lowest BCUT2D eigenvalue weighted by molar-refractivity contribution is 0.0963. The molecule has 0 saturated carbocycles. The fourth-order valence-corrected chi connectivity index (χ4v) is 4.53. The smallest absolute Gasteiger partial charge is 0.271 e. The minimum atomic E-state index is -0.147. The van der Waals surface area contributed by atoms with Crippen LogP contribution in [0.2, 0.25) is 5.02 Å². The third-order valence-electron chi connectivity index (χ3n) is 6.27. The number of fused-ring (bicyclic) bond motifs is 1. The van der Waals surface area contributed by atoms with Crippen LogP contribution in [0.25, 0.3) is 16.6 Å². The highest BCUT2D eigenvalue weighted by atomic mass is 35.5. The van der Waals surface area contributed by atoms with Gasteiger partial charge in [0.15, 0.2) is 0 Å². The van der Waals surface area contributed by atoms with E-state index in [4.69, 9.17) is 16.3 Å². The van der Waals surface area contributed by atoms with Crippen molar-refractivity contribution in [3.8, 4) is 11.4 Å². The van der Waals surface area contributed by atoms with Crippen molar-refractivity contribution in [2.24, 2.45) is 0 Å². The average molecular weight is 486 g/mol. The third kappa shape index (κ3) is 4.17. The topological polar surface area (TPSA) is 69.0 Å². The van der Waals surface area contributed by atoms with Gasteiger partial charge in [-0.15, -0.1) is 0 Å². The van der Waals surface area contributed by atoms with Crippen LogP contribution in [-0.4, -0.2) is 27.4 Å². The molecule has 0 fully saturated rings. The van der Waals surface area contributed by atoms with Crippen LogP contribution in [0.5, 0.6) is 5.75 Å². The predicted molar refractivity (Wildman–Crippen MR) is 138 cm³/mol. The molecule has 0 saturated heterocycles. The first-order valence-electron chi connectivity index (χ1n) is 11.2. The van der Waals surface area contributed by atoms with Gasteiger partial charge in [0.05, 0.1) is 18.3 Å². The zero-order chi connectivity index (χ0) is 24.7. The largest absolute Gasteiger partial charge is 0.497 e. The predicted octanol–water partition coefficient (Wildman–Crippen LogP) is 5.68. The molecular formula is C28H24ClN3O3. The van der Waals surface area contributed by atoms with Crippen LogP contribution in [0.15, 0.2) is 77.6 Å². The number of nitrogens with zero attached hydrogens (tertiary/aromatic N) is 2. The number of H-pyrrole nitrogens is 1. The van der Waals surface area contributed by atoms with Crippen LogP contribution in [0.1, 0.15) is 32.9 Å². The molecular weight excluding hydrogens is 462 g/mol. The molecule has 6 nitrogen and oxygen atoms in total. The van der Waals surface area contributed by atoms with E-state index in [2.05, 4.69) is 5.10 Å². The molecule has 0 radical (unpaired) electrons. The number of ether oxygens (including phenoxy) is 1. The van der Waals surface area contributed by atoms with Crippen LogP contribution >= 0.6 is 11.6 Å². The molecule has 2 heterocycles. The second-order valence-electron chi connectivity index (χ2n) is 8.56. The Labute approximate surface area is 207 Å². The zero-order valence-corrected chi connectivity index (χ0v) is 20.4. The Kier molecular flexibility index (Phi) is 5.83. The van der Waals surface area contributed by atoms with E-state index in [1.807, 2.05) is 56.3 Å². The van der Waals surface area contributed by atoms with Crippen LogP contribution in [0, 0.1) is 13.8 Å². The van der Waals surface area contributed by atoms with E-state index in [1.165, 1.54) is 4.68 Å². The summed E-state index contributed by atoms with van der Waals surface area (Å²) in [6, 6.07) is 21.9. The number of hydrogen-bond acceptors (Lipinski definition) is 3. The summed E-state index contributed by atoms with van der Waals surface area (Å²) in [7, 11) is 1.61. The Balaban J connectivity index is 1.61.